The van der Waals surface area contributed by atoms with Crippen molar-refractivity contribution in [3.05, 3.63) is 34.2 Å². The SMILES string of the molecule is CCNc1cc(Cc2nccs2)nc(COCC)n1. The molecule has 0 saturated heterocycles. The zero-order chi connectivity index (χ0) is 13.5. The highest BCUT2D eigenvalue weighted by Crippen LogP contribution is 2.14. The van der Waals surface area contributed by atoms with Crippen LogP contribution in [0, 0.1) is 0 Å². The van der Waals surface area contributed by atoms with E-state index in [9.17, 15) is 0 Å². The molecule has 1 N–H and O–H groups in total. The topological polar surface area (TPSA) is 59.9 Å². The molecule has 0 aromatic carbocycles. The average Bonchev–Trinajstić information content (AvgIpc) is 2.89. The van der Waals surface area contributed by atoms with Crippen molar-refractivity contribution >= 4 is 17.2 Å². The van der Waals surface area contributed by atoms with Crippen LogP contribution in [0.5, 0.6) is 0 Å². The molecule has 5 nitrogen and oxygen atoms in total. The van der Waals surface area contributed by atoms with Crippen LogP contribution < -0.4 is 5.32 Å². The van der Waals surface area contributed by atoms with E-state index < -0.39 is 0 Å². The lowest BCUT2D eigenvalue weighted by atomic mass is 10.3. The molecular formula is C13H18N4OS. The molecule has 0 spiro atoms. The molecule has 2 aromatic heterocycles. The fraction of sp³-hybridized carbons (Fsp3) is 0.462. The Bertz CT molecular complexity index is 501. The number of rotatable bonds is 7. The van der Waals surface area contributed by atoms with E-state index in [0.29, 0.717) is 19.0 Å². The number of aromatic nitrogens is 3. The van der Waals surface area contributed by atoms with Crippen LogP contribution in [0.3, 0.4) is 0 Å². The molecular weight excluding hydrogens is 260 g/mol. The fourth-order valence-electron chi connectivity index (χ4n) is 1.67. The van der Waals surface area contributed by atoms with Crippen LogP contribution in [-0.4, -0.2) is 28.1 Å². The summed E-state index contributed by atoms with van der Waals surface area (Å²) in [5, 5.41) is 6.25. The van der Waals surface area contributed by atoms with Crippen molar-refractivity contribution in [3.63, 3.8) is 0 Å². The summed E-state index contributed by atoms with van der Waals surface area (Å²) < 4.78 is 5.38. The van der Waals surface area contributed by atoms with Crippen LogP contribution in [0.25, 0.3) is 0 Å². The lowest BCUT2D eigenvalue weighted by Crippen LogP contribution is -2.07. The number of hydrogen-bond donors (Lipinski definition) is 1. The molecule has 6 heteroatoms. The molecule has 19 heavy (non-hydrogen) atoms. The highest BCUT2D eigenvalue weighted by atomic mass is 32.1. The lowest BCUT2D eigenvalue weighted by molar-refractivity contribution is 0.128. The number of hydrogen-bond acceptors (Lipinski definition) is 6. The summed E-state index contributed by atoms with van der Waals surface area (Å²) in [4.78, 5) is 13.2. The highest BCUT2D eigenvalue weighted by molar-refractivity contribution is 7.09. The van der Waals surface area contributed by atoms with Crippen LogP contribution in [0.15, 0.2) is 17.6 Å². The van der Waals surface area contributed by atoms with E-state index in [1.807, 2.05) is 31.5 Å². The molecule has 2 aromatic rings. The Kier molecular flexibility index (Phi) is 5.23. The Balaban J connectivity index is 2.17. The third-order valence-corrected chi connectivity index (χ3v) is 3.21. The zero-order valence-corrected chi connectivity index (χ0v) is 12.0. The van der Waals surface area contributed by atoms with Gasteiger partial charge in [0.25, 0.3) is 0 Å². The van der Waals surface area contributed by atoms with Crippen molar-refractivity contribution < 1.29 is 4.74 Å². The second-order valence-corrected chi connectivity index (χ2v) is 4.91. The standard InChI is InChI=1S/C13H18N4OS/c1-3-14-11-7-10(8-13-15-5-6-19-13)16-12(17-11)9-18-4-2/h5-7H,3-4,8-9H2,1-2H3,(H,14,16,17). The molecule has 0 bridgehead atoms. The minimum atomic E-state index is 0.445. The van der Waals surface area contributed by atoms with Gasteiger partial charge in [-0.15, -0.1) is 11.3 Å². The van der Waals surface area contributed by atoms with E-state index in [1.165, 1.54) is 0 Å². The van der Waals surface area contributed by atoms with E-state index in [2.05, 4.69) is 20.3 Å². The van der Waals surface area contributed by atoms with Crippen molar-refractivity contribution in [1.82, 2.24) is 15.0 Å². The lowest BCUT2D eigenvalue weighted by Gasteiger charge is -2.08. The van der Waals surface area contributed by atoms with Gasteiger partial charge in [-0.2, -0.15) is 0 Å². The molecule has 2 rings (SSSR count). The summed E-state index contributed by atoms with van der Waals surface area (Å²) in [6.45, 7) is 5.95. The van der Waals surface area contributed by atoms with Gasteiger partial charge in [0.15, 0.2) is 5.82 Å². The number of thiazole rings is 1. The Morgan fingerprint density at radius 3 is 2.89 bits per heavy atom. The van der Waals surface area contributed by atoms with Gasteiger partial charge in [-0.25, -0.2) is 15.0 Å². The molecule has 0 aliphatic carbocycles. The Hall–Kier alpha value is -1.53. The quantitative estimate of drug-likeness (QED) is 0.843. The minimum Gasteiger partial charge on any atom is -0.374 e. The maximum absolute atomic E-state index is 5.38. The summed E-state index contributed by atoms with van der Waals surface area (Å²) in [7, 11) is 0. The van der Waals surface area contributed by atoms with Crippen molar-refractivity contribution in [3.8, 4) is 0 Å². The summed E-state index contributed by atoms with van der Waals surface area (Å²) >= 11 is 1.64. The predicted octanol–water partition coefficient (Wildman–Crippen LogP) is 2.49. The third kappa shape index (κ3) is 4.25. The van der Waals surface area contributed by atoms with Gasteiger partial charge < -0.3 is 10.1 Å². The molecule has 2 heterocycles. The van der Waals surface area contributed by atoms with E-state index in [0.717, 1.165) is 29.5 Å². The molecule has 0 fully saturated rings. The summed E-state index contributed by atoms with van der Waals surface area (Å²) in [5.41, 5.74) is 0.968. The van der Waals surface area contributed by atoms with Crippen molar-refractivity contribution in [1.29, 1.82) is 0 Å². The molecule has 0 atom stereocenters. The smallest absolute Gasteiger partial charge is 0.156 e. The van der Waals surface area contributed by atoms with Crippen LogP contribution in [0.2, 0.25) is 0 Å². The first kappa shape index (κ1) is 13.9. The molecule has 0 aliphatic rings. The van der Waals surface area contributed by atoms with Crippen LogP contribution in [0.1, 0.15) is 30.4 Å². The molecule has 0 saturated carbocycles. The van der Waals surface area contributed by atoms with Crippen molar-refractivity contribution in [2.75, 3.05) is 18.5 Å². The monoisotopic (exact) mass is 278 g/mol. The second-order valence-electron chi connectivity index (χ2n) is 3.93. The van der Waals surface area contributed by atoms with Crippen LogP contribution in [0.4, 0.5) is 5.82 Å². The van der Waals surface area contributed by atoms with Gasteiger partial charge >= 0.3 is 0 Å². The molecule has 0 unspecified atom stereocenters. The van der Waals surface area contributed by atoms with Gasteiger partial charge in [0.2, 0.25) is 0 Å². The van der Waals surface area contributed by atoms with Gasteiger partial charge in [-0.05, 0) is 13.8 Å². The number of nitrogens with zero attached hydrogens (tertiary/aromatic N) is 3. The fourth-order valence-corrected chi connectivity index (χ4v) is 2.30. The first-order valence-corrected chi connectivity index (χ1v) is 7.26. The Labute approximate surface area is 117 Å². The normalized spacial score (nSPS) is 10.6. The maximum atomic E-state index is 5.38. The molecule has 0 radical (unpaired) electrons. The minimum absolute atomic E-state index is 0.445. The first-order valence-electron chi connectivity index (χ1n) is 6.38. The van der Waals surface area contributed by atoms with Crippen molar-refractivity contribution in [2.24, 2.45) is 0 Å². The van der Waals surface area contributed by atoms with E-state index >= 15 is 0 Å². The van der Waals surface area contributed by atoms with E-state index in [-0.39, 0.29) is 0 Å². The molecule has 0 aliphatic heterocycles. The molecule has 0 amide bonds. The Morgan fingerprint density at radius 1 is 1.32 bits per heavy atom. The van der Waals surface area contributed by atoms with Gasteiger partial charge in [-0.1, -0.05) is 0 Å². The number of nitrogens with one attached hydrogen (secondary N) is 1. The van der Waals surface area contributed by atoms with Crippen LogP contribution >= 0.6 is 11.3 Å². The van der Waals surface area contributed by atoms with E-state index in [1.54, 1.807) is 11.3 Å². The van der Waals surface area contributed by atoms with Gasteiger partial charge in [0.05, 0.1) is 10.7 Å². The number of ether oxygens (including phenoxy) is 1. The van der Waals surface area contributed by atoms with Gasteiger partial charge in [0, 0.05) is 37.2 Å². The van der Waals surface area contributed by atoms with E-state index in [4.69, 9.17) is 4.74 Å². The summed E-state index contributed by atoms with van der Waals surface area (Å²) in [5.74, 6) is 1.56. The van der Waals surface area contributed by atoms with Crippen molar-refractivity contribution in [2.45, 2.75) is 26.9 Å². The van der Waals surface area contributed by atoms with Gasteiger partial charge in [0.1, 0.15) is 12.4 Å². The first-order chi connectivity index (χ1) is 9.31. The highest BCUT2D eigenvalue weighted by Gasteiger charge is 2.06. The maximum Gasteiger partial charge on any atom is 0.156 e. The second kappa shape index (κ2) is 7.16. The molecule has 102 valence electrons. The zero-order valence-electron chi connectivity index (χ0n) is 11.2. The average molecular weight is 278 g/mol. The van der Waals surface area contributed by atoms with Gasteiger partial charge in [-0.3, -0.25) is 0 Å². The largest absolute Gasteiger partial charge is 0.374 e. The summed E-state index contributed by atoms with van der Waals surface area (Å²) in [6.07, 6.45) is 2.55. The third-order valence-electron chi connectivity index (χ3n) is 2.43. The van der Waals surface area contributed by atoms with Crippen LogP contribution in [-0.2, 0) is 17.8 Å². The Morgan fingerprint density at radius 2 is 2.21 bits per heavy atom. The predicted molar refractivity (Wildman–Crippen MR) is 76.4 cm³/mol. The number of anilines is 1. The summed E-state index contributed by atoms with van der Waals surface area (Å²) in [6, 6.07) is 1.97.